The van der Waals surface area contributed by atoms with E-state index < -0.39 is 7.82 Å². The van der Waals surface area contributed by atoms with Crippen LogP contribution in [0.1, 0.15) is 83.1 Å². The van der Waals surface area contributed by atoms with Gasteiger partial charge in [0.2, 0.25) is 18.7 Å². The van der Waals surface area contributed by atoms with Crippen LogP contribution in [0, 0.1) is 0 Å². The molecule has 0 saturated carbocycles. The zero-order valence-corrected chi connectivity index (χ0v) is 32.2. The molecule has 0 aromatic heterocycles. The van der Waals surface area contributed by atoms with Crippen molar-refractivity contribution < 1.29 is 61.3 Å². The molecule has 0 saturated heterocycles. The summed E-state index contributed by atoms with van der Waals surface area (Å²) in [6, 6.07) is 0. The molecule has 0 aromatic rings. The van der Waals surface area contributed by atoms with E-state index in [9.17, 15) is 14.4 Å². The maximum absolute atomic E-state index is 11.1. The lowest BCUT2D eigenvalue weighted by atomic mass is 10.3. The number of rotatable bonds is 18. The maximum atomic E-state index is 11.1. The molecule has 14 heteroatoms. The first-order chi connectivity index (χ1) is 21.7. The highest BCUT2D eigenvalue weighted by molar-refractivity contribution is 7.40. The summed E-state index contributed by atoms with van der Waals surface area (Å²) in [6.45, 7) is 43.8. The molecule has 0 aliphatic rings. The van der Waals surface area contributed by atoms with E-state index in [1.807, 2.05) is 20.8 Å². The molecule has 278 valence electrons. The molecule has 0 amide bonds. The Labute approximate surface area is 285 Å². The zero-order valence-electron chi connectivity index (χ0n) is 31.3. The van der Waals surface area contributed by atoms with Crippen LogP contribution < -0.4 is 14.7 Å². The van der Waals surface area contributed by atoms with Gasteiger partial charge in [-0.2, -0.15) is 7.82 Å². The summed E-state index contributed by atoms with van der Waals surface area (Å²) in [7, 11) is -5.39. The van der Waals surface area contributed by atoms with Gasteiger partial charge in [-0.05, 0) is 62.3 Å². The van der Waals surface area contributed by atoms with Crippen molar-refractivity contribution in [2.45, 2.75) is 102 Å². The van der Waals surface area contributed by atoms with Crippen LogP contribution in [-0.4, -0.2) is 109 Å². The highest BCUT2D eigenvalue weighted by Crippen LogP contribution is 2.16. The minimum atomic E-state index is -5.39. The quantitative estimate of drug-likeness (QED) is 0.0520. The highest BCUT2D eigenvalue weighted by atomic mass is 31.2. The normalized spacial score (nSPS) is 13.3. The highest BCUT2D eigenvalue weighted by Gasteiger charge is 2.32. The lowest BCUT2D eigenvalue weighted by Crippen LogP contribution is -2.55. The Bertz CT molecular complexity index is 821. The van der Waals surface area contributed by atoms with Crippen molar-refractivity contribution in [2.24, 2.45) is 0 Å². The molecule has 0 aromatic carbocycles. The fraction of sp³-hybridized carbons (Fsp3) is 0.727. The lowest BCUT2D eigenvalue weighted by molar-refractivity contribution is -0.963. The number of carbonyl (C=O) groups excluding carboxylic acids is 3. The fourth-order valence-electron chi connectivity index (χ4n) is 5.31. The molecule has 0 bridgehead atoms. The van der Waals surface area contributed by atoms with E-state index in [0.29, 0.717) is 0 Å². The van der Waals surface area contributed by atoms with E-state index in [1.54, 1.807) is 0 Å². The molecular weight excluding hydrogens is 629 g/mol. The first-order valence-electron chi connectivity index (χ1n) is 16.5. The predicted octanol–water partition coefficient (Wildman–Crippen LogP) is 2.99. The molecule has 0 radical (unpaired) electrons. The van der Waals surface area contributed by atoms with E-state index in [-0.39, 0.29) is 36.6 Å². The molecule has 3 unspecified atom stereocenters. The number of esters is 3. The summed E-state index contributed by atoms with van der Waals surface area (Å²) < 4.78 is 26.7. The first-order valence-corrected chi connectivity index (χ1v) is 17.9. The van der Waals surface area contributed by atoms with Crippen molar-refractivity contribution in [1.82, 2.24) is 0 Å². The number of carbonyl (C=O) groups is 3. The second-order valence-electron chi connectivity index (χ2n) is 10.7. The molecule has 0 heterocycles. The Kier molecular flexibility index (Phi) is 29.1. The summed E-state index contributed by atoms with van der Waals surface area (Å²) >= 11 is 0. The van der Waals surface area contributed by atoms with Gasteiger partial charge in [0.05, 0.1) is 58.9 Å². The fourth-order valence-corrected chi connectivity index (χ4v) is 5.31. The number of hydrogen-bond acceptors (Lipinski definition) is 10. The van der Waals surface area contributed by atoms with Gasteiger partial charge in [0, 0.05) is 39.0 Å². The minimum Gasteiger partial charge on any atom is -0.822 e. The zero-order chi connectivity index (χ0) is 38.1. The Hall–Kier alpha value is -2.38. The van der Waals surface area contributed by atoms with Crippen LogP contribution in [0.4, 0.5) is 0 Å². The molecule has 0 aliphatic carbocycles. The van der Waals surface area contributed by atoms with Crippen molar-refractivity contribution in [2.75, 3.05) is 58.9 Å². The number of nitrogens with zero attached hydrogens (tertiary/aromatic N) is 3. The standard InChI is InChI=1S/3C11H22NO2.H3O4P/c3*1-6-11(13)14-10(5)12(7-2,8-3)9-4;1-5(2,3)4/h3*6,10H,1,7-9H2,2-5H3;(H3,1,2,3,4)/q3*+1;/p-3. The van der Waals surface area contributed by atoms with Gasteiger partial charge in [0.1, 0.15) is 0 Å². The Morgan fingerprint density at radius 3 is 0.723 bits per heavy atom. The van der Waals surface area contributed by atoms with Gasteiger partial charge in [-0.3, -0.25) is 13.4 Å². The maximum Gasteiger partial charge on any atom is 0.334 e. The molecule has 0 aliphatic heterocycles. The predicted molar refractivity (Wildman–Crippen MR) is 181 cm³/mol. The van der Waals surface area contributed by atoms with Crippen LogP contribution in [0.3, 0.4) is 0 Å². The van der Waals surface area contributed by atoms with Crippen molar-refractivity contribution in [3.05, 3.63) is 38.0 Å². The van der Waals surface area contributed by atoms with Gasteiger partial charge in [-0.25, -0.2) is 14.4 Å². The molecule has 47 heavy (non-hydrogen) atoms. The Morgan fingerprint density at radius 2 is 0.638 bits per heavy atom. The third-order valence-electron chi connectivity index (χ3n) is 9.34. The molecular formula is C33H66N3O10P. The molecule has 0 spiro atoms. The van der Waals surface area contributed by atoms with E-state index >= 15 is 0 Å². The first kappa shape index (κ1) is 51.5. The van der Waals surface area contributed by atoms with Gasteiger partial charge in [-0.1, -0.05) is 19.7 Å². The molecule has 0 rings (SSSR count). The second-order valence-corrected chi connectivity index (χ2v) is 11.6. The summed E-state index contributed by atoms with van der Waals surface area (Å²) in [6.07, 6.45) is 3.35. The lowest BCUT2D eigenvalue weighted by Gasteiger charge is -2.39. The number of quaternary nitrogens is 3. The van der Waals surface area contributed by atoms with Gasteiger partial charge in [-0.15, -0.1) is 0 Å². The van der Waals surface area contributed by atoms with Gasteiger partial charge in [0.15, 0.2) is 0 Å². The Balaban J connectivity index is -0.000000275. The van der Waals surface area contributed by atoms with E-state index in [4.69, 9.17) is 33.5 Å². The van der Waals surface area contributed by atoms with Crippen molar-refractivity contribution in [3.8, 4) is 0 Å². The van der Waals surface area contributed by atoms with Crippen LogP contribution in [0.25, 0.3) is 0 Å². The number of ether oxygens (including phenoxy) is 3. The van der Waals surface area contributed by atoms with Gasteiger partial charge < -0.3 is 33.5 Å². The van der Waals surface area contributed by atoms with Crippen LogP contribution in [0.2, 0.25) is 0 Å². The SMILES string of the molecule is C=CC(=O)OC(C)[N+](CC)(CC)CC.C=CC(=O)OC(C)[N+](CC)(CC)CC.C=CC(=O)OC(C)[N+](CC)(CC)CC.O=P([O-])([O-])[O-]. The largest absolute Gasteiger partial charge is 0.822 e. The van der Waals surface area contributed by atoms with Crippen LogP contribution in [0.15, 0.2) is 38.0 Å². The van der Waals surface area contributed by atoms with Crippen LogP contribution >= 0.6 is 7.82 Å². The Morgan fingerprint density at radius 1 is 0.511 bits per heavy atom. The van der Waals surface area contributed by atoms with Crippen LogP contribution in [0.5, 0.6) is 0 Å². The summed E-state index contributed by atoms with van der Waals surface area (Å²) in [5.74, 6) is -1.01. The second kappa shape index (κ2) is 26.6. The van der Waals surface area contributed by atoms with Crippen molar-refractivity contribution in [1.29, 1.82) is 0 Å². The molecule has 0 fully saturated rings. The van der Waals surface area contributed by atoms with Gasteiger partial charge >= 0.3 is 17.9 Å². The average molecular weight is 696 g/mol. The number of phosphoric acid groups is 1. The van der Waals surface area contributed by atoms with Gasteiger partial charge in [0.25, 0.3) is 0 Å². The summed E-state index contributed by atoms with van der Waals surface area (Å²) in [5.41, 5.74) is 0. The summed E-state index contributed by atoms with van der Waals surface area (Å²) in [4.78, 5) is 58.8. The molecule has 13 nitrogen and oxygen atoms in total. The van der Waals surface area contributed by atoms with E-state index in [0.717, 1.165) is 72.4 Å². The topological polar surface area (TPSA) is 165 Å². The number of hydrogen-bond donors (Lipinski definition) is 0. The minimum absolute atomic E-state index is 0.0968. The monoisotopic (exact) mass is 695 g/mol. The third-order valence-corrected chi connectivity index (χ3v) is 9.34. The molecule has 3 atom stereocenters. The average Bonchev–Trinajstić information content (AvgIpc) is 3.04. The third kappa shape index (κ3) is 20.6. The molecule has 0 N–H and O–H groups in total. The van der Waals surface area contributed by atoms with Crippen LogP contribution in [-0.2, 0) is 33.2 Å². The summed E-state index contributed by atoms with van der Waals surface area (Å²) in [5, 5.41) is 0. The van der Waals surface area contributed by atoms with E-state index in [1.165, 1.54) is 18.2 Å². The van der Waals surface area contributed by atoms with Crippen molar-refractivity contribution in [3.63, 3.8) is 0 Å². The smallest absolute Gasteiger partial charge is 0.334 e. The van der Waals surface area contributed by atoms with Crippen molar-refractivity contribution >= 4 is 25.7 Å². The van der Waals surface area contributed by atoms with E-state index in [2.05, 4.69) is 82.1 Å².